The lowest BCUT2D eigenvalue weighted by atomic mass is 9.87. The number of likely N-dealkylation sites (tertiary alicyclic amines) is 1. The maximum Gasteiger partial charge on any atom is 0.322 e. The Morgan fingerprint density at radius 2 is 2.00 bits per heavy atom. The average molecular weight is 317 g/mol. The van der Waals surface area contributed by atoms with Gasteiger partial charge in [-0.2, -0.15) is 0 Å². The number of amides is 3. The summed E-state index contributed by atoms with van der Waals surface area (Å²) in [6, 6.07) is 5.92. The van der Waals surface area contributed by atoms with Crippen LogP contribution in [0.15, 0.2) is 18.2 Å². The molecule has 1 spiro atoms. The number of imide groups is 1. The normalized spacial score (nSPS) is 20.4. The summed E-state index contributed by atoms with van der Waals surface area (Å²) in [6.07, 6.45) is 1.30. The van der Waals surface area contributed by atoms with Crippen LogP contribution < -0.4 is 15.4 Å². The first kappa shape index (κ1) is 15.8. The molecule has 2 aliphatic heterocycles. The van der Waals surface area contributed by atoms with Gasteiger partial charge in [0.05, 0.1) is 6.61 Å². The van der Waals surface area contributed by atoms with E-state index in [0.717, 1.165) is 30.9 Å². The lowest BCUT2D eigenvalue weighted by Crippen LogP contribution is -2.54. The number of nitrogens with zero attached hydrogens (tertiary/aromatic N) is 1. The zero-order valence-corrected chi connectivity index (χ0v) is 13.6. The van der Waals surface area contributed by atoms with Crippen molar-refractivity contribution in [2.75, 3.05) is 19.7 Å². The summed E-state index contributed by atoms with van der Waals surface area (Å²) in [4.78, 5) is 25.6. The zero-order chi connectivity index (χ0) is 16.4. The van der Waals surface area contributed by atoms with Crippen molar-refractivity contribution in [3.8, 4) is 5.75 Å². The maximum atomic E-state index is 12.0. The highest BCUT2D eigenvalue weighted by Crippen LogP contribution is 2.27. The highest BCUT2D eigenvalue weighted by atomic mass is 16.5. The molecule has 0 radical (unpaired) electrons. The fraction of sp³-hybridized carbons (Fsp3) is 0.529. The van der Waals surface area contributed by atoms with E-state index in [1.165, 1.54) is 5.56 Å². The van der Waals surface area contributed by atoms with Crippen molar-refractivity contribution in [3.05, 3.63) is 29.3 Å². The summed E-state index contributed by atoms with van der Waals surface area (Å²) in [5.74, 6) is 0.747. The van der Waals surface area contributed by atoms with Crippen molar-refractivity contribution in [1.82, 2.24) is 15.5 Å². The topological polar surface area (TPSA) is 70.7 Å². The maximum absolute atomic E-state index is 12.0. The number of ether oxygens (including phenoxy) is 1. The molecule has 3 rings (SSSR count). The third-order valence-corrected chi connectivity index (χ3v) is 4.68. The number of urea groups is 1. The Morgan fingerprint density at radius 1 is 1.26 bits per heavy atom. The molecule has 1 aromatic rings. The minimum Gasteiger partial charge on any atom is -0.494 e. The van der Waals surface area contributed by atoms with Gasteiger partial charge in [0.1, 0.15) is 11.3 Å². The van der Waals surface area contributed by atoms with E-state index in [2.05, 4.69) is 33.7 Å². The number of rotatable bonds is 4. The fourth-order valence-electron chi connectivity index (χ4n) is 3.29. The molecule has 1 aromatic carbocycles. The first-order valence-electron chi connectivity index (χ1n) is 8.11. The third-order valence-electron chi connectivity index (χ3n) is 4.68. The van der Waals surface area contributed by atoms with Crippen LogP contribution in [0.25, 0.3) is 0 Å². The van der Waals surface area contributed by atoms with E-state index in [9.17, 15) is 9.59 Å². The zero-order valence-electron chi connectivity index (χ0n) is 13.6. The monoisotopic (exact) mass is 317 g/mol. The van der Waals surface area contributed by atoms with Crippen LogP contribution in [0.2, 0.25) is 0 Å². The van der Waals surface area contributed by atoms with E-state index in [-0.39, 0.29) is 11.9 Å². The quantitative estimate of drug-likeness (QED) is 0.827. The lowest BCUT2D eigenvalue weighted by molar-refractivity contribution is -0.125. The number of benzene rings is 1. The van der Waals surface area contributed by atoms with Crippen LogP contribution >= 0.6 is 0 Å². The molecule has 6 heteroatoms. The molecule has 0 atom stereocenters. The van der Waals surface area contributed by atoms with Gasteiger partial charge in [-0.3, -0.25) is 15.0 Å². The van der Waals surface area contributed by atoms with Gasteiger partial charge in [0.15, 0.2) is 0 Å². The van der Waals surface area contributed by atoms with E-state index in [1.54, 1.807) is 0 Å². The molecule has 0 bridgehead atoms. The minimum absolute atomic E-state index is 0.184. The van der Waals surface area contributed by atoms with Crippen molar-refractivity contribution in [3.63, 3.8) is 0 Å². The highest BCUT2D eigenvalue weighted by molar-refractivity contribution is 6.07. The van der Waals surface area contributed by atoms with E-state index in [1.807, 2.05) is 13.8 Å². The van der Waals surface area contributed by atoms with Gasteiger partial charge >= 0.3 is 6.03 Å². The molecule has 2 N–H and O–H groups in total. The van der Waals surface area contributed by atoms with E-state index < -0.39 is 5.54 Å². The molecule has 0 unspecified atom stereocenters. The van der Waals surface area contributed by atoms with Crippen LogP contribution in [0.1, 0.15) is 30.9 Å². The van der Waals surface area contributed by atoms with Crippen LogP contribution in [0.5, 0.6) is 5.75 Å². The minimum atomic E-state index is -0.697. The predicted molar refractivity (Wildman–Crippen MR) is 86.3 cm³/mol. The van der Waals surface area contributed by atoms with Gasteiger partial charge in [-0.15, -0.1) is 0 Å². The molecule has 0 aliphatic carbocycles. The second-order valence-electron chi connectivity index (χ2n) is 6.30. The summed E-state index contributed by atoms with van der Waals surface area (Å²) in [5, 5.41) is 5.14. The number of carbonyl (C=O) groups excluding carboxylic acids is 2. The van der Waals surface area contributed by atoms with Gasteiger partial charge in [0.2, 0.25) is 0 Å². The number of hydrogen-bond acceptors (Lipinski definition) is 4. The lowest BCUT2D eigenvalue weighted by Gasteiger charge is -2.37. The molecule has 3 amide bonds. The molecule has 23 heavy (non-hydrogen) atoms. The van der Waals surface area contributed by atoms with Crippen molar-refractivity contribution < 1.29 is 14.3 Å². The van der Waals surface area contributed by atoms with Crippen molar-refractivity contribution in [2.45, 2.75) is 38.8 Å². The molecule has 2 fully saturated rings. The molecule has 0 aromatic heterocycles. The molecular weight excluding hydrogens is 294 g/mol. The number of nitrogens with one attached hydrogen (secondary N) is 2. The Morgan fingerprint density at radius 3 is 2.61 bits per heavy atom. The first-order valence-corrected chi connectivity index (χ1v) is 8.11. The Labute approximate surface area is 136 Å². The molecule has 124 valence electrons. The Hall–Kier alpha value is -2.08. The molecule has 2 heterocycles. The molecule has 6 nitrogen and oxygen atoms in total. The van der Waals surface area contributed by atoms with Crippen LogP contribution in [0.4, 0.5) is 4.79 Å². The van der Waals surface area contributed by atoms with Crippen LogP contribution in [0, 0.1) is 6.92 Å². The van der Waals surface area contributed by atoms with E-state index in [4.69, 9.17) is 4.74 Å². The average Bonchev–Trinajstić information content (AvgIpc) is 2.79. The number of hydrogen-bond donors (Lipinski definition) is 2. The van der Waals surface area contributed by atoms with Crippen molar-refractivity contribution >= 4 is 11.9 Å². The second-order valence-corrected chi connectivity index (χ2v) is 6.30. The van der Waals surface area contributed by atoms with Gasteiger partial charge < -0.3 is 10.1 Å². The smallest absolute Gasteiger partial charge is 0.322 e. The standard InChI is InChI=1S/C17H23N3O3/c1-3-23-14-10-13(5-4-12(14)2)11-20-8-6-17(7-9-20)15(21)18-16(22)19-17/h4-5,10H,3,6-9,11H2,1-2H3,(H2,18,19,21,22). The van der Waals surface area contributed by atoms with Gasteiger partial charge in [0.25, 0.3) is 5.91 Å². The fourth-order valence-corrected chi connectivity index (χ4v) is 3.29. The van der Waals surface area contributed by atoms with E-state index >= 15 is 0 Å². The summed E-state index contributed by atoms with van der Waals surface area (Å²) in [6.45, 7) is 7.08. The van der Waals surface area contributed by atoms with Gasteiger partial charge in [-0.05, 0) is 43.9 Å². The Balaban J connectivity index is 1.62. The summed E-state index contributed by atoms with van der Waals surface area (Å²) < 4.78 is 5.65. The first-order chi connectivity index (χ1) is 11.0. The van der Waals surface area contributed by atoms with Crippen molar-refractivity contribution in [2.24, 2.45) is 0 Å². The SMILES string of the molecule is CCOc1cc(CN2CCC3(CC2)NC(=O)NC3=O)ccc1C. The Kier molecular flexibility index (Phi) is 4.26. The number of carbonyl (C=O) groups is 2. The predicted octanol–water partition coefficient (Wildman–Crippen LogP) is 1.57. The van der Waals surface area contributed by atoms with E-state index in [0.29, 0.717) is 19.4 Å². The highest BCUT2D eigenvalue weighted by Gasteiger charge is 2.47. The largest absolute Gasteiger partial charge is 0.494 e. The van der Waals surface area contributed by atoms with Gasteiger partial charge in [-0.25, -0.2) is 4.79 Å². The summed E-state index contributed by atoms with van der Waals surface area (Å²) in [5.41, 5.74) is 1.64. The van der Waals surface area contributed by atoms with Gasteiger partial charge in [-0.1, -0.05) is 12.1 Å². The van der Waals surface area contributed by atoms with Crippen LogP contribution in [-0.2, 0) is 11.3 Å². The molecular formula is C17H23N3O3. The Bertz CT molecular complexity index is 622. The molecule has 0 saturated carbocycles. The number of aryl methyl sites for hydroxylation is 1. The van der Waals surface area contributed by atoms with Crippen LogP contribution in [0.3, 0.4) is 0 Å². The van der Waals surface area contributed by atoms with Crippen LogP contribution in [-0.4, -0.2) is 42.1 Å². The van der Waals surface area contributed by atoms with Gasteiger partial charge in [0, 0.05) is 19.6 Å². The summed E-state index contributed by atoms with van der Waals surface area (Å²) in [7, 11) is 0. The van der Waals surface area contributed by atoms with Crippen molar-refractivity contribution in [1.29, 1.82) is 0 Å². The molecule has 2 aliphatic rings. The summed E-state index contributed by atoms with van der Waals surface area (Å²) >= 11 is 0. The third kappa shape index (κ3) is 3.17. The molecule has 2 saturated heterocycles. The number of piperidine rings is 1. The second kappa shape index (κ2) is 6.20.